The molecule has 9 rings (SSSR count). The molecule has 0 radical (unpaired) electrons. The van der Waals surface area contributed by atoms with Crippen molar-refractivity contribution >= 4 is 11.6 Å². The number of hydrogen-bond acceptors (Lipinski definition) is 8. The van der Waals surface area contributed by atoms with Crippen molar-refractivity contribution in [2.45, 2.75) is 42.8 Å². The van der Waals surface area contributed by atoms with E-state index in [1.165, 1.54) is 17.7 Å². The Morgan fingerprint density at radius 3 is 2.75 bits per heavy atom. The zero-order valence-corrected chi connectivity index (χ0v) is 20.7. The summed E-state index contributed by atoms with van der Waals surface area (Å²) in [4.78, 5) is 15.7. The van der Waals surface area contributed by atoms with Gasteiger partial charge in [0.1, 0.15) is 28.9 Å². The molecule has 40 heavy (non-hydrogen) atoms. The van der Waals surface area contributed by atoms with Gasteiger partial charge in [-0.05, 0) is 12.5 Å². The van der Waals surface area contributed by atoms with E-state index in [2.05, 4.69) is 19.9 Å². The molecule has 1 saturated heterocycles. The number of anilines is 1. The van der Waals surface area contributed by atoms with Gasteiger partial charge in [0.2, 0.25) is 5.95 Å². The molecule has 0 amide bonds. The smallest absolute Gasteiger partial charge is 0.387 e. The number of hydrogen-bond donors (Lipinski definition) is 1. The van der Waals surface area contributed by atoms with Crippen LogP contribution in [0.15, 0.2) is 60.2 Å². The number of halogens is 3. The molecule has 1 saturated carbocycles. The third kappa shape index (κ3) is 2.75. The van der Waals surface area contributed by atoms with Crippen LogP contribution in [0.3, 0.4) is 0 Å². The van der Waals surface area contributed by atoms with Crippen molar-refractivity contribution in [1.29, 1.82) is 0 Å². The number of pyridine rings is 1. The number of nitrogens with zero attached hydrogens (tertiary/aromatic N) is 5. The van der Waals surface area contributed by atoms with Gasteiger partial charge in [-0.15, -0.1) is 0 Å². The normalized spacial score (nSPS) is 29.2. The highest BCUT2D eigenvalue weighted by atomic mass is 19.3. The van der Waals surface area contributed by atoms with Gasteiger partial charge in [0.05, 0.1) is 42.4 Å². The van der Waals surface area contributed by atoms with Crippen LogP contribution in [0.25, 0.3) is 16.8 Å². The lowest BCUT2D eigenvalue weighted by Gasteiger charge is -2.40. The fourth-order valence-electron chi connectivity index (χ4n) is 7.06. The van der Waals surface area contributed by atoms with Crippen LogP contribution in [-0.2, 0) is 9.47 Å². The molecule has 4 aromatic rings. The number of aromatic nitrogens is 4. The molecule has 1 aromatic carbocycles. The first-order valence-electron chi connectivity index (χ1n) is 13.0. The molecule has 1 spiro atoms. The van der Waals surface area contributed by atoms with Crippen molar-refractivity contribution in [2.24, 2.45) is 0 Å². The first-order chi connectivity index (χ1) is 19.5. The van der Waals surface area contributed by atoms with E-state index in [0.29, 0.717) is 47.3 Å². The Kier molecular flexibility index (Phi) is 4.32. The van der Waals surface area contributed by atoms with Crippen molar-refractivity contribution in [1.82, 2.24) is 19.4 Å². The largest absolute Gasteiger partial charge is 0.435 e. The summed E-state index contributed by atoms with van der Waals surface area (Å²) in [7, 11) is 0. The molecule has 5 aliphatic rings. The van der Waals surface area contributed by atoms with E-state index in [4.69, 9.17) is 14.2 Å². The van der Waals surface area contributed by atoms with Crippen molar-refractivity contribution in [3.05, 3.63) is 83.0 Å². The second-order valence-corrected chi connectivity index (χ2v) is 10.7. The van der Waals surface area contributed by atoms with Gasteiger partial charge in [-0.2, -0.15) is 8.78 Å². The highest BCUT2D eigenvalue weighted by molar-refractivity contribution is 5.71. The number of rotatable bonds is 5. The number of para-hydroxylation sites is 1. The molecule has 1 N–H and O–H groups in total. The maximum Gasteiger partial charge on any atom is 0.387 e. The number of fused-ring (bicyclic) bond motifs is 3. The van der Waals surface area contributed by atoms with E-state index >= 15 is 4.39 Å². The second kappa shape index (κ2) is 7.59. The van der Waals surface area contributed by atoms with Crippen molar-refractivity contribution in [2.75, 3.05) is 18.1 Å². The van der Waals surface area contributed by atoms with Crippen LogP contribution in [0.2, 0.25) is 0 Å². The molecule has 2 aliphatic carbocycles. The summed E-state index contributed by atoms with van der Waals surface area (Å²) in [5.41, 5.74) is 4.42. The number of alkyl halides is 2. The minimum absolute atomic E-state index is 0.0250. The zero-order valence-electron chi connectivity index (χ0n) is 20.7. The van der Waals surface area contributed by atoms with E-state index in [1.54, 1.807) is 41.2 Å². The first-order valence-corrected chi connectivity index (χ1v) is 13.0. The summed E-state index contributed by atoms with van der Waals surface area (Å²) in [6.07, 6.45) is 4.11. The number of aliphatic hydroxyl groups is 1. The van der Waals surface area contributed by atoms with Crippen LogP contribution in [-0.4, -0.2) is 62.0 Å². The van der Waals surface area contributed by atoms with E-state index in [-0.39, 0.29) is 35.5 Å². The fraction of sp³-hybridized carbons (Fsp3) is 0.321. The van der Waals surface area contributed by atoms with Crippen LogP contribution in [0.4, 0.5) is 19.1 Å². The first kappa shape index (κ1) is 22.8. The standard InChI is InChI=1S/C28H20F3N5O4/c29-16-6-21-34-23-18(37)5-14(13-3-1-2-4-19(13)40-26(30)31)24(23)35(21)9-15(16)12-7-32-27(33-8-12)36-17-10-38-25-22(17)28(25)20(36)11-39-28/h1-4,6-9,14,18,20,25-26,37H,5,10-11H2/t14-,18-,20-,25?,28?/m1/s1. The molecule has 2 unspecified atom stereocenters. The van der Waals surface area contributed by atoms with Crippen LogP contribution in [0.5, 0.6) is 5.75 Å². The van der Waals surface area contributed by atoms with E-state index < -0.39 is 24.5 Å². The molecule has 2 fully saturated rings. The maximum atomic E-state index is 15.4. The van der Waals surface area contributed by atoms with E-state index in [0.717, 1.165) is 5.70 Å². The Balaban J connectivity index is 1.10. The predicted octanol–water partition coefficient (Wildman–Crippen LogP) is 3.72. The van der Waals surface area contributed by atoms with E-state index in [1.807, 2.05) is 0 Å². The average Bonchev–Trinajstić information content (AvgIpc) is 3.17. The van der Waals surface area contributed by atoms with Gasteiger partial charge < -0.3 is 28.6 Å². The third-order valence-corrected chi connectivity index (χ3v) is 8.82. The maximum absolute atomic E-state index is 15.4. The second-order valence-electron chi connectivity index (χ2n) is 10.7. The van der Waals surface area contributed by atoms with Gasteiger partial charge in [0.15, 0.2) is 0 Å². The van der Waals surface area contributed by atoms with Crippen LogP contribution in [0.1, 0.15) is 35.4 Å². The predicted molar refractivity (Wildman–Crippen MR) is 132 cm³/mol. The van der Waals surface area contributed by atoms with Crippen LogP contribution >= 0.6 is 0 Å². The third-order valence-electron chi connectivity index (χ3n) is 8.82. The molecular weight excluding hydrogens is 527 g/mol. The molecule has 6 heterocycles. The van der Waals surface area contributed by atoms with Gasteiger partial charge in [0.25, 0.3) is 0 Å². The molecule has 5 atom stereocenters. The molecule has 9 nitrogen and oxygen atoms in total. The van der Waals surface area contributed by atoms with Crippen molar-refractivity contribution < 1.29 is 32.5 Å². The molecule has 202 valence electrons. The summed E-state index contributed by atoms with van der Waals surface area (Å²) < 4.78 is 59.7. The Hall–Kier alpha value is -4.00. The summed E-state index contributed by atoms with van der Waals surface area (Å²) in [6.45, 7) is -1.92. The summed E-state index contributed by atoms with van der Waals surface area (Å²) >= 11 is 0. The average molecular weight is 547 g/mol. The Morgan fingerprint density at radius 2 is 2.00 bits per heavy atom. The summed E-state index contributed by atoms with van der Waals surface area (Å²) in [5, 5.41) is 10.8. The van der Waals surface area contributed by atoms with E-state index in [9.17, 15) is 13.9 Å². The number of aliphatic hydroxyl groups excluding tert-OH is 1. The number of benzene rings is 1. The van der Waals surface area contributed by atoms with Crippen molar-refractivity contribution in [3.63, 3.8) is 0 Å². The van der Waals surface area contributed by atoms with Crippen molar-refractivity contribution in [3.8, 4) is 16.9 Å². The highest BCUT2D eigenvalue weighted by Gasteiger charge is 2.81. The highest BCUT2D eigenvalue weighted by Crippen LogP contribution is 2.67. The van der Waals surface area contributed by atoms with Gasteiger partial charge >= 0.3 is 6.61 Å². The van der Waals surface area contributed by atoms with Gasteiger partial charge in [-0.25, -0.2) is 19.3 Å². The lowest BCUT2D eigenvalue weighted by Crippen LogP contribution is -2.56. The van der Waals surface area contributed by atoms with Crippen LogP contribution < -0.4 is 9.64 Å². The fourth-order valence-corrected chi connectivity index (χ4v) is 7.06. The molecule has 0 bridgehead atoms. The molecule has 3 aliphatic heterocycles. The minimum atomic E-state index is -2.99. The minimum Gasteiger partial charge on any atom is -0.435 e. The van der Waals surface area contributed by atoms with Crippen LogP contribution in [0, 0.1) is 5.82 Å². The monoisotopic (exact) mass is 547 g/mol. The molecule has 3 aromatic heterocycles. The van der Waals surface area contributed by atoms with Gasteiger partial charge in [-0.3, -0.25) is 0 Å². The SMILES string of the molecule is O[C@@H]1C[C@H](c2ccccc2OC(F)F)c2c1nc1cc(F)c(-c3cnc(N4C5=C6C(OC5)C65OC[C@@H]45)nc3)cn21. The Labute approximate surface area is 224 Å². The number of imidazole rings is 1. The van der Waals surface area contributed by atoms with Gasteiger partial charge in [-0.1, -0.05) is 18.2 Å². The number of ether oxygens (including phenoxy) is 3. The molecule has 12 heteroatoms. The Bertz CT molecular complexity index is 1780. The lowest BCUT2D eigenvalue weighted by molar-refractivity contribution is -0.111. The van der Waals surface area contributed by atoms with Gasteiger partial charge in [0, 0.05) is 52.8 Å². The summed E-state index contributed by atoms with van der Waals surface area (Å²) in [6, 6.07) is 7.90. The topological polar surface area (TPSA) is 94.2 Å². The Morgan fingerprint density at radius 1 is 1.18 bits per heavy atom. The summed E-state index contributed by atoms with van der Waals surface area (Å²) in [5.74, 6) is -0.473. The molecular formula is C28H20F3N5O4. The zero-order chi connectivity index (χ0) is 26.9. The quantitative estimate of drug-likeness (QED) is 0.404. The lowest BCUT2D eigenvalue weighted by atomic mass is 9.95.